The van der Waals surface area contributed by atoms with Crippen molar-refractivity contribution in [1.29, 1.82) is 0 Å². The van der Waals surface area contributed by atoms with Gasteiger partial charge in [0.15, 0.2) is 5.78 Å². The van der Waals surface area contributed by atoms with Crippen LogP contribution >= 0.6 is 0 Å². The topological polar surface area (TPSA) is 205 Å². The van der Waals surface area contributed by atoms with E-state index in [2.05, 4.69) is 0 Å². The van der Waals surface area contributed by atoms with Crippen molar-refractivity contribution in [3.05, 3.63) is 47.6 Å². The number of allylic oxidation sites excluding steroid dienone is 6. The number of amides is 1. The van der Waals surface area contributed by atoms with Gasteiger partial charge in [-0.2, -0.15) is 0 Å². The van der Waals surface area contributed by atoms with Crippen LogP contribution in [0.5, 0.6) is 0 Å². The summed E-state index contributed by atoms with van der Waals surface area (Å²) in [4.78, 5) is 72.1. The molecular formula is C53H83NO14. The number of Topliss-reactive ketones (excluding diaryl/α,β-unsaturated/α-hetero) is 3. The van der Waals surface area contributed by atoms with E-state index in [4.69, 9.17) is 28.4 Å². The second-order valence-electron chi connectivity index (χ2n) is 20.2. The highest BCUT2D eigenvalue weighted by molar-refractivity contribution is 6.39. The van der Waals surface area contributed by atoms with E-state index in [1.807, 2.05) is 58.1 Å². The quantitative estimate of drug-likeness (QED) is 0.134. The average Bonchev–Trinajstić information content (AvgIpc) is 3.32. The first-order valence-corrected chi connectivity index (χ1v) is 25.0. The maximum Gasteiger partial charge on any atom is 0.329 e. The first-order valence-electron chi connectivity index (χ1n) is 25.0. The number of cyclic esters (lactones) is 1. The van der Waals surface area contributed by atoms with Crippen LogP contribution in [0.4, 0.5) is 0 Å². The maximum absolute atomic E-state index is 14.5. The molecule has 15 heteroatoms. The minimum atomic E-state index is -2.43. The number of ether oxygens (including phenoxy) is 6. The van der Waals surface area contributed by atoms with Gasteiger partial charge in [0.1, 0.15) is 30.1 Å². The predicted octanol–water partition coefficient (Wildman–Crippen LogP) is 6.20. The van der Waals surface area contributed by atoms with Crippen molar-refractivity contribution in [1.82, 2.24) is 4.90 Å². The standard InChI is InChI=1S/C53H83NO14/c1-32-16-12-11-13-17-33(2)44(63-8)30-40-21-19-38(7)53(62,68-40)50(59)51(60)54-23-15-14-18-41(54)52(61)67-45(35(4)28-39-20-22-43(66-25-24-55)46(29-39)64-9)31-42(56)34(3)27-37(6)48(58)49(65-10)47(57)36(5)26-32/h11-13,16-17,27,32,34-36,38-41,43-46,48-49,55,58,62H,14-15,18-26,28-31H2,1-10H3/b13-11?,16-12+,33-17?,37-27+/t32-,34-,35-,36-,38-,39+,40+,41+,43-,44?,45+,46-,48-,49+,53-/m1/s1. The van der Waals surface area contributed by atoms with E-state index < -0.39 is 77.8 Å². The third kappa shape index (κ3) is 15.3. The number of carbonyl (C=O) groups is 5. The van der Waals surface area contributed by atoms with Crippen LogP contribution in [0.15, 0.2) is 47.6 Å². The number of aliphatic hydroxyl groups is 3. The monoisotopic (exact) mass is 958 g/mol. The van der Waals surface area contributed by atoms with Crippen LogP contribution in [0.2, 0.25) is 0 Å². The molecule has 4 aliphatic rings. The number of esters is 1. The Kier molecular flexibility index (Phi) is 22.9. The van der Waals surface area contributed by atoms with Gasteiger partial charge in [-0.15, -0.1) is 0 Å². The number of ketones is 3. The molecule has 384 valence electrons. The Morgan fingerprint density at radius 1 is 0.853 bits per heavy atom. The molecule has 1 amide bonds. The summed E-state index contributed by atoms with van der Waals surface area (Å²) >= 11 is 0. The van der Waals surface area contributed by atoms with Gasteiger partial charge in [-0.1, -0.05) is 71.1 Å². The van der Waals surface area contributed by atoms with Crippen LogP contribution in [-0.4, -0.2) is 145 Å². The van der Waals surface area contributed by atoms with Crippen molar-refractivity contribution in [2.75, 3.05) is 41.1 Å². The van der Waals surface area contributed by atoms with E-state index in [1.165, 1.54) is 12.0 Å². The number of methoxy groups -OCH3 is 3. The molecule has 1 saturated carbocycles. The minimum Gasteiger partial charge on any atom is -0.460 e. The first kappa shape index (κ1) is 57.2. The molecule has 4 rings (SSSR count). The highest BCUT2D eigenvalue weighted by Gasteiger charge is 2.53. The Balaban J connectivity index is 1.70. The van der Waals surface area contributed by atoms with Crippen molar-refractivity contribution in [3.8, 4) is 0 Å². The second kappa shape index (κ2) is 27.3. The molecule has 0 aromatic heterocycles. The van der Waals surface area contributed by atoms with Gasteiger partial charge in [0.25, 0.3) is 11.7 Å². The molecule has 3 aliphatic heterocycles. The molecule has 15 nitrogen and oxygen atoms in total. The summed E-state index contributed by atoms with van der Waals surface area (Å²) in [6.45, 7) is 12.9. The van der Waals surface area contributed by atoms with E-state index >= 15 is 0 Å². The van der Waals surface area contributed by atoms with Gasteiger partial charge in [0.2, 0.25) is 5.79 Å². The number of rotatable bonds is 9. The molecule has 3 heterocycles. The number of fused-ring (bicyclic) bond motifs is 3. The number of piperidine rings is 1. The number of aliphatic hydroxyl groups excluding tert-OH is 2. The molecular weight excluding hydrogens is 875 g/mol. The van der Waals surface area contributed by atoms with Crippen molar-refractivity contribution in [3.63, 3.8) is 0 Å². The normalized spacial score (nSPS) is 37.9. The molecule has 0 spiro atoms. The van der Waals surface area contributed by atoms with Gasteiger partial charge in [0, 0.05) is 58.5 Å². The lowest BCUT2D eigenvalue weighted by atomic mass is 9.78. The Hall–Kier alpha value is -3.41. The highest BCUT2D eigenvalue weighted by atomic mass is 16.6. The molecule has 15 atom stereocenters. The third-order valence-corrected chi connectivity index (χ3v) is 14.9. The van der Waals surface area contributed by atoms with Gasteiger partial charge < -0.3 is 48.6 Å². The SMILES string of the molecule is COC1C[C@@H]2CC[C@@H](C)[C@@](O)(O2)C(=O)C(=O)N2CCCC[C@H]2C(=O)O[C@H]([C@H](C)C[C@@H]2CC[C@@H](OCCO)[C@H](OC)C2)CC(=O)[C@H](C)/C=C(\C)[C@@H](O)[C@@H](OC)C(=O)[C@H](C)C[C@H](C)/C=C/C=CC=C1C. The molecule has 1 unspecified atom stereocenters. The molecule has 0 aromatic rings. The summed E-state index contributed by atoms with van der Waals surface area (Å²) in [7, 11) is 4.58. The van der Waals surface area contributed by atoms with Crippen molar-refractivity contribution >= 4 is 29.2 Å². The van der Waals surface area contributed by atoms with Gasteiger partial charge in [-0.25, -0.2) is 4.79 Å². The van der Waals surface area contributed by atoms with Gasteiger partial charge in [0.05, 0.1) is 37.6 Å². The van der Waals surface area contributed by atoms with Crippen LogP contribution in [0.1, 0.15) is 126 Å². The Morgan fingerprint density at radius 3 is 2.26 bits per heavy atom. The van der Waals surface area contributed by atoms with E-state index in [0.29, 0.717) is 63.4 Å². The summed E-state index contributed by atoms with van der Waals surface area (Å²) < 4.78 is 35.6. The summed E-state index contributed by atoms with van der Waals surface area (Å²) in [6.07, 6.45) is 12.0. The molecule has 0 aromatic carbocycles. The van der Waals surface area contributed by atoms with Crippen LogP contribution in [0.25, 0.3) is 0 Å². The maximum atomic E-state index is 14.5. The Morgan fingerprint density at radius 2 is 1.59 bits per heavy atom. The smallest absolute Gasteiger partial charge is 0.329 e. The van der Waals surface area contributed by atoms with E-state index in [1.54, 1.807) is 41.1 Å². The molecule has 3 N–H and O–H groups in total. The third-order valence-electron chi connectivity index (χ3n) is 14.9. The van der Waals surface area contributed by atoms with Gasteiger partial charge in [-0.3, -0.25) is 19.2 Å². The van der Waals surface area contributed by atoms with Crippen molar-refractivity contribution in [2.45, 2.75) is 180 Å². The van der Waals surface area contributed by atoms with Crippen LogP contribution in [0, 0.1) is 35.5 Å². The molecule has 1 aliphatic carbocycles. The molecule has 2 bridgehead atoms. The van der Waals surface area contributed by atoms with E-state index in [0.717, 1.165) is 12.0 Å². The fourth-order valence-corrected chi connectivity index (χ4v) is 10.5. The lowest BCUT2D eigenvalue weighted by molar-refractivity contribution is -0.265. The zero-order chi connectivity index (χ0) is 50.3. The molecule has 2 saturated heterocycles. The van der Waals surface area contributed by atoms with E-state index in [9.17, 15) is 39.3 Å². The van der Waals surface area contributed by atoms with Crippen LogP contribution in [0.3, 0.4) is 0 Å². The zero-order valence-electron chi connectivity index (χ0n) is 42.4. The summed E-state index contributed by atoms with van der Waals surface area (Å²) in [5.41, 5.74) is 1.26. The number of hydrogen-bond acceptors (Lipinski definition) is 14. The Labute approximate surface area is 405 Å². The fraction of sp³-hybridized carbons (Fsp3) is 0.755. The summed E-state index contributed by atoms with van der Waals surface area (Å²) in [6, 6.07) is -1.14. The van der Waals surface area contributed by atoms with Gasteiger partial charge >= 0.3 is 5.97 Å². The van der Waals surface area contributed by atoms with Crippen molar-refractivity contribution < 1.29 is 67.7 Å². The van der Waals surface area contributed by atoms with E-state index in [-0.39, 0.29) is 74.1 Å². The summed E-state index contributed by atoms with van der Waals surface area (Å²) in [5, 5.41) is 32.8. The van der Waals surface area contributed by atoms with Crippen LogP contribution in [-0.2, 0) is 52.4 Å². The van der Waals surface area contributed by atoms with Gasteiger partial charge in [-0.05, 0) is 107 Å². The fourth-order valence-electron chi connectivity index (χ4n) is 10.5. The molecule has 0 radical (unpaired) electrons. The number of hydrogen-bond donors (Lipinski definition) is 3. The largest absolute Gasteiger partial charge is 0.460 e. The highest BCUT2D eigenvalue weighted by Crippen LogP contribution is 2.38. The zero-order valence-corrected chi connectivity index (χ0v) is 42.4. The second-order valence-corrected chi connectivity index (χ2v) is 20.2. The predicted molar refractivity (Wildman–Crippen MR) is 256 cm³/mol. The summed E-state index contributed by atoms with van der Waals surface area (Å²) in [5.74, 6) is -7.96. The number of carbonyl (C=O) groups excluding carboxylic acids is 5. The lowest BCUT2D eigenvalue weighted by Crippen LogP contribution is -2.61. The lowest BCUT2D eigenvalue weighted by Gasteiger charge is -2.42. The van der Waals surface area contributed by atoms with Crippen molar-refractivity contribution in [2.24, 2.45) is 35.5 Å². The molecule has 68 heavy (non-hydrogen) atoms. The van der Waals surface area contributed by atoms with Crippen LogP contribution < -0.4 is 0 Å². The average molecular weight is 958 g/mol. The number of nitrogens with zero attached hydrogens (tertiary/aromatic N) is 1. The minimum absolute atomic E-state index is 0.0158. The Bertz CT molecular complexity index is 1810. The first-order chi connectivity index (χ1) is 32.3. The molecule has 3 fully saturated rings.